The van der Waals surface area contributed by atoms with Crippen molar-refractivity contribution in [2.24, 2.45) is 5.92 Å². The standard InChI is InChI=1S/C13H20N2O2/c1-3-15-12(7-10(2)14-15)8-13(16)11-5-4-6-17-9-11/h7,11H,3-6,8-9H2,1-2H3. The molecule has 94 valence electrons. The van der Waals surface area contributed by atoms with Crippen molar-refractivity contribution in [2.75, 3.05) is 13.2 Å². The van der Waals surface area contributed by atoms with Gasteiger partial charge in [-0.3, -0.25) is 9.48 Å². The average Bonchev–Trinajstić information content (AvgIpc) is 2.70. The van der Waals surface area contributed by atoms with E-state index in [0.717, 1.165) is 37.4 Å². The summed E-state index contributed by atoms with van der Waals surface area (Å²) in [4.78, 5) is 12.1. The number of carbonyl (C=O) groups is 1. The molecule has 0 aliphatic carbocycles. The van der Waals surface area contributed by atoms with Gasteiger partial charge in [-0.1, -0.05) is 0 Å². The van der Waals surface area contributed by atoms with Crippen LogP contribution in [0.4, 0.5) is 0 Å². The molecular formula is C13H20N2O2. The van der Waals surface area contributed by atoms with Crippen molar-refractivity contribution in [1.82, 2.24) is 9.78 Å². The first-order chi connectivity index (χ1) is 8.20. The molecule has 1 aromatic rings. The first-order valence-corrected chi connectivity index (χ1v) is 6.34. The zero-order chi connectivity index (χ0) is 12.3. The fraction of sp³-hybridized carbons (Fsp3) is 0.692. The number of Topliss-reactive ketones (excluding diaryl/α,β-unsaturated/α-hetero) is 1. The van der Waals surface area contributed by atoms with Crippen LogP contribution in [0.5, 0.6) is 0 Å². The molecule has 1 aliphatic heterocycles. The molecule has 0 bridgehead atoms. The van der Waals surface area contributed by atoms with E-state index in [0.29, 0.717) is 18.8 Å². The Bertz CT molecular complexity index is 392. The third-order valence-corrected chi connectivity index (χ3v) is 3.26. The fourth-order valence-electron chi connectivity index (χ4n) is 2.33. The summed E-state index contributed by atoms with van der Waals surface area (Å²) in [6, 6.07) is 2.01. The second kappa shape index (κ2) is 5.45. The van der Waals surface area contributed by atoms with Crippen molar-refractivity contribution in [3.63, 3.8) is 0 Å². The van der Waals surface area contributed by atoms with E-state index < -0.39 is 0 Å². The summed E-state index contributed by atoms with van der Waals surface area (Å²) in [6.45, 7) is 6.22. The number of hydrogen-bond donors (Lipinski definition) is 0. The maximum atomic E-state index is 12.1. The highest BCUT2D eigenvalue weighted by molar-refractivity contribution is 5.83. The van der Waals surface area contributed by atoms with Gasteiger partial charge in [-0.2, -0.15) is 5.10 Å². The summed E-state index contributed by atoms with van der Waals surface area (Å²) in [5, 5.41) is 4.36. The van der Waals surface area contributed by atoms with Crippen LogP contribution in [0.25, 0.3) is 0 Å². The molecular weight excluding hydrogens is 216 g/mol. The zero-order valence-electron chi connectivity index (χ0n) is 10.6. The smallest absolute Gasteiger partial charge is 0.144 e. The highest BCUT2D eigenvalue weighted by atomic mass is 16.5. The van der Waals surface area contributed by atoms with Crippen LogP contribution in [-0.4, -0.2) is 28.8 Å². The molecule has 4 nitrogen and oxygen atoms in total. The Morgan fingerprint density at radius 2 is 2.47 bits per heavy atom. The molecule has 0 radical (unpaired) electrons. The van der Waals surface area contributed by atoms with Gasteiger partial charge in [0.15, 0.2) is 0 Å². The lowest BCUT2D eigenvalue weighted by Gasteiger charge is -2.20. The van der Waals surface area contributed by atoms with Gasteiger partial charge in [0.05, 0.1) is 12.3 Å². The molecule has 1 fully saturated rings. The van der Waals surface area contributed by atoms with Crippen molar-refractivity contribution in [2.45, 2.75) is 39.7 Å². The Morgan fingerprint density at radius 3 is 3.12 bits per heavy atom. The van der Waals surface area contributed by atoms with Crippen LogP contribution in [0.3, 0.4) is 0 Å². The highest BCUT2D eigenvalue weighted by Gasteiger charge is 2.22. The molecule has 1 aliphatic rings. The Kier molecular flexibility index (Phi) is 3.94. The monoisotopic (exact) mass is 236 g/mol. The molecule has 4 heteroatoms. The van der Waals surface area contributed by atoms with E-state index in [1.54, 1.807) is 0 Å². The number of hydrogen-bond acceptors (Lipinski definition) is 3. The van der Waals surface area contributed by atoms with Gasteiger partial charge in [0.2, 0.25) is 0 Å². The summed E-state index contributed by atoms with van der Waals surface area (Å²) in [6.07, 6.45) is 2.46. The predicted octanol–water partition coefficient (Wildman–Crippen LogP) is 1.75. The van der Waals surface area contributed by atoms with Gasteiger partial charge in [-0.15, -0.1) is 0 Å². The van der Waals surface area contributed by atoms with Gasteiger partial charge in [0.25, 0.3) is 0 Å². The third-order valence-electron chi connectivity index (χ3n) is 3.26. The third kappa shape index (κ3) is 2.94. The highest BCUT2D eigenvalue weighted by Crippen LogP contribution is 2.17. The maximum Gasteiger partial charge on any atom is 0.144 e. The Labute approximate surface area is 102 Å². The molecule has 1 unspecified atom stereocenters. The number of ether oxygens (including phenoxy) is 1. The summed E-state index contributed by atoms with van der Waals surface area (Å²) in [7, 11) is 0. The van der Waals surface area contributed by atoms with E-state index in [2.05, 4.69) is 5.10 Å². The lowest BCUT2D eigenvalue weighted by Crippen LogP contribution is -2.27. The molecule has 1 saturated heterocycles. The minimum Gasteiger partial charge on any atom is -0.381 e. The van der Waals surface area contributed by atoms with Crippen molar-refractivity contribution in [3.8, 4) is 0 Å². The molecule has 0 N–H and O–H groups in total. The van der Waals surface area contributed by atoms with Crippen LogP contribution in [0, 0.1) is 12.8 Å². The molecule has 0 aromatic carbocycles. The molecule has 0 spiro atoms. The minimum absolute atomic E-state index is 0.0873. The van der Waals surface area contributed by atoms with Crippen LogP contribution < -0.4 is 0 Å². The van der Waals surface area contributed by atoms with Crippen LogP contribution in [-0.2, 0) is 22.5 Å². The van der Waals surface area contributed by atoms with Crippen LogP contribution in [0.1, 0.15) is 31.2 Å². The molecule has 0 saturated carbocycles. The number of rotatable bonds is 4. The van der Waals surface area contributed by atoms with Gasteiger partial charge >= 0.3 is 0 Å². The van der Waals surface area contributed by atoms with E-state index in [-0.39, 0.29) is 5.92 Å². The van der Waals surface area contributed by atoms with Crippen LogP contribution >= 0.6 is 0 Å². The number of nitrogens with zero attached hydrogens (tertiary/aromatic N) is 2. The SMILES string of the molecule is CCn1nc(C)cc1CC(=O)C1CCCOC1. The maximum absolute atomic E-state index is 12.1. The van der Waals surface area contributed by atoms with Gasteiger partial charge in [0.1, 0.15) is 5.78 Å². The summed E-state index contributed by atoms with van der Waals surface area (Å²) in [5.74, 6) is 0.378. The van der Waals surface area contributed by atoms with Crippen molar-refractivity contribution in [3.05, 3.63) is 17.5 Å². The van der Waals surface area contributed by atoms with Gasteiger partial charge in [0, 0.05) is 31.2 Å². The lowest BCUT2D eigenvalue weighted by molar-refractivity contribution is -0.126. The number of ketones is 1. The first-order valence-electron chi connectivity index (χ1n) is 6.34. The van der Waals surface area contributed by atoms with Gasteiger partial charge in [-0.05, 0) is 32.8 Å². The predicted molar refractivity (Wildman–Crippen MR) is 64.9 cm³/mol. The van der Waals surface area contributed by atoms with Gasteiger partial charge < -0.3 is 4.74 Å². The molecule has 2 heterocycles. The topological polar surface area (TPSA) is 44.1 Å². The largest absolute Gasteiger partial charge is 0.381 e. The lowest BCUT2D eigenvalue weighted by atomic mass is 9.94. The van der Waals surface area contributed by atoms with E-state index in [4.69, 9.17) is 4.74 Å². The van der Waals surface area contributed by atoms with Crippen molar-refractivity contribution >= 4 is 5.78 Å². The van der Waals surface area contributed by atoms with Crippen LogP contribution in [0.15, 0.2) is 6.07 Å². The second-order valence-corrected chi connectivity index (χ2v) is 4.65. The van der Waals surface area contributed by atoms with Crippen LogP contribution in [0.2, 0.25) is 0 Å². The first kappa shape index (κ1) is 12.3. The van der Waals surface area contributed by atoms with E-state index in [1.807, 2.05) is 24.6 Å². The van der Waals surface area contributed by atoms with E-state index in [1.165, 1.54) is 0 Å². The van der Waals surface area contributed by atoms with Crippen molar-refractivity contribution < 1.29 is 9.53 Å². The Morgan fingerprint density at radius 1 is 1.65 bits per heavy atom. The molecule has 1 atom stereocenters. The van der Waals surface area contributed by atoms with E-state index in [9.17, 15) is 4.79 Å². The minimum atomic E-state index is 0.0873. The van der Waals surface area contributed by atoms with Gasteiger partial charge in [-0.25, -0.2) is 0 Å². The average molecular weight is 236 g/mol. The summed E-state index contributed by atoms with van der Waals surface area (Å²) in [5.41, 5.74) is 2.01. The summed E-state index contributed by atoms with van der Waals surface area (Å²) >= 11 is 0. The zero-order valence-corrected chi connectivity index (χ0v) is 10.6. The van der Waals surface area contributed by atoms with Crippen molar-refractivity contribution in [1.29, 1.82) is 0 Å². The molecule has 17 heavy (non-hydrogen) atoms. The Balaban J connectivity index is 2.01. The molecule has 0 amide bonds. The number of carbonyl (C=O) groups excluding carboxylic acids is 1. The number of aryl methyl sites for hydroxylation is 2. The van der Waals surface area contributed by atoms with E-state index >= 15 is 0 Å². The quantitative estimate of drug-likeness (QED) is 0.800. The summed E-state index contributed by atoms with van der Waals surface area (Å²) < 4.78 is 7.27. The molecule has 1 aromatic heterocycles. The number of aromatic nitrogens is 2. The second-order valence-electron chi connectivity index (χ2n) is 4.65. The fourth-order valence-corrected chi connectivity index (χ4v) is 2.33. The molecule has 2 rings (SSSR count). The Hall–Kier alpha value is -1.16. The normalized spacial score (nSPS) is 20.5.